The van der Waals surface area contributed by atoms with Crippen molar-refractivity contribution in [3.63, 3.8) is 0 Å². The average molecular weight is 393 g/mol. The van der Waals surface area contributed by atoms with Crippen LogP contribution in [0.1, 0.15) is 22.8 Å². The van der Waals surface area contributed by atoms with Crippen molar-refractivity contribution in [3.05, 3.63) is 59.7 Å². The Labute approximate surface area is 158 Å². The van der Waals surface area contributed by atoms with Crippen molar-refractivity contribution in [2.24, 2.45) is 0 Å². The third-order valence-corrected chi connectivity index (χ3v) is 4.25. The number of rotatable bonds is 3. The molecule has 1 aliphatic heterocycles. The summed E-state index contributed by atoms with van der Waals surface area (Å²) in [6, 6.07) is 10.0. The van der Waals surface area contributed by atoms with E-state index in [0.29, 0.717) is 5.69 Å². The Balaban J connectivity index is 1.83. The van der Waals surface area contributed by atoms with Gasteiger partial charge in [-0.05, 0) is 55.5 Å². The smallest absolute Gasteiger partial charge is 0.350 e. The minimum Gasteiger partial charge on any atom is -0.350 e. The summed E-state index contributed by atoms with van der Waals surface area (Å²) >= 11 is 5.13. The first-order valence-corrected chi connectivity index (χ1v) is 8.31. The van der Waals surface area contributed by atoms with Crippen LogP contribution in [0.4, 0.5) is 24.5 Å². The van der Waals surface area contributed by atoms with Crippen LogP contribution in [0, 0.1) is 0 Å². The highest BCUT2D eigenvalue weighted by Crippen LogP contribution is 2.31. The molecule has 0 saturated carbocycles. The maximum absolute atomic E-state index is 12.8. The Kier molecular flexibility index (Phi) is 4.88. The standard InChI is InChI=1S/C18H14F3N3O2S/c1-10-16(26)24(17(27)22-10)14-7-2-4-11(8-14)15(25)23-13-6-3-5-12(9-13)18(19,20)21/h2-10H,1H3,(H,22,27)(H,23,25). The van der Waals surface area contributed by atoms with Crippen LogP contribution >= 0.6 is 12.2 Å². The Hall–Kier alpha value is -2.94. The number of carbonyl (C=O) groups excluding carboxylic acids is 2. The summed E-state index contributed by atoms with van der Waals surface area (Å²) in [6.07, 6.45) is -4.50. The van der Waals surface area contributed by atoms with E-state index in [1.54, 1.807) is 19.1 Å². The lowest BCUT2D eigenvalue weighted by Crippen LogP contribution is -2.30. The number of nitrogens with one attached hydrogen (secondary N) is 2. The zero-order valence-corrected chi connectivity index (χ0v) is 14.8. The zero-order valence-electron chi connectivity index (χ0n) is 14.0. The van der Waals surface area contributed by atoms with Gasteiger partial charge in [-0.1, -0.05) is 12.1 Å². The lowest BCUT2D eigenvalue weighted by atomic mass is 10.1. The van der Waals surface area contributed by atoms with E-state index >= 15 is 0 Å². The summed E-state index contributed by atoms with van der Waals surface area (Å²) in [5, 5.41) is 5.48. The highest BCUT2D eigenvalue weighted by molar-refractivity contribution is 7.80. The molecule has 0 aromatic heterocycles. The predicted octanol–water partition coefficient (Wildman–Crippen LogP) is 3.57. The molecule has 5 nitrogen and oxygen atoms in total. The van der Waals surface area contributed by atoms with E-state index in [9.17, 15) is 22.8 Å². The number of halogens is 3. The molecule has 1 heterocycles. The molecule has 2 aromatic carbocycles. The molecule has 0 spiro atoms. The molecule has 27 heavy (non-hydrogen) atoms. The average Bonchev–Trinajstić information content (AvgIpc) is 2.86. The van der Waals surface area contributed by atoms with Gasteiger partial charge in [0.2, 0.25) is 0 Å². The molecule has 2 N–H and O–H groups in total. The minimum absolute atomic E-state index is 0.0169. The predicted molar refractivity (Wildman–Crippen MR) is 98.5 cm³/mol. The van der Waals surface area contributed by atoms with Crippen molar-refractivity contribution in [2.45, 2.75) is 19.1 Å². The molecular formula is C18H14F3N3O2S. The maximum Gasteiger partial charge on any atom is 0.416 e. The molecular weight excluding hydrogens is 379 g/mol. The van der Waals surface area contributed by atoms with E-state index in [1.807, 2.05) is 0 Å². The normalized spacial score (nSPS) is 17.0. The van der Waals surface area contributed by atoms with E-state index < -0.39 is 23.7 Å². The molecule has 1 fully saturated rings. The quantitative estimate of drug-likeness (QED) is 0.783. The molecule has 0 aliphatic carbocycles. The number of alkyl halides is 3. The van der Waals surface area contributed by atoms with Crippen molar-refractivity contribution in [1.82, 2.24) is 5.32 Å². The number of benzene rings is 2. The minimum atomic E-state index is -4.50. The molecule has 0 radical (unpaired) electrons. The van der Waals surface area contributed by atoms with Gasteiger partial charge in [0, 0.05) is 11.3 Å². The summed E-state index contributed by atoms with van der Waals surface area (Å²) in [4.78, 5) is 25.9. The zero-order chi connectivity index (χ0) is 19.8. The number of carbonyl (C=O) groups is 2. The van der Waals surface area contributed by atoms with Crippen LogP contribution in [-0.4, -0.2) is 23.0 Å². The first-order valence-electron chi connectivity index (χ1n) is 7.90. The Bertz CT molecular complexity index is 930. The van der Waals surface area contributed by atoms with Gasteiger partial charge in [-0.15, -0.1) is 0 Å². The van der Waals surface area contributed by atoms with Crippen molar-refractivity contribution in [1.29, 1.82) is 0 Å². The number of hydrogen-bond acceptors (Lipinski definition) is 3. The van der Waals surface area contributed by atoms with Crippen LogP contribution in [0.15, 0.2) is 48.5 Å². The molecule has 1 atom stereocenters. The van der Waals surface area contributed by atoms with Crippen molar-refractivity contribution in [3.8, 4) is 0 Å². The summed E-state index contributed by atoms with van der Waals surface area (Å²) in [5.74, 6) is -0.856. The molecule has 2 amide bonds. The fourth-order valence-electron chi connectivity index (χ4n) is 2.61. The third kappa shape index (κ3) is 3.92. The van der Waals surface area contributed by atoms with Gasteiger partial charge in [-0.3, -0.25) is 14.5 Å². The molecule has 1 unspecified atom stereocenters. The molecule has 0 bridgehead atoms. The number of nitrogens with zero attached hydrogens (tertiary/aromatic N) is 1. The number of hydrogen-bond donors (Lipinski definition) is 2. The highest BCUT2D eigenvalue weighted by Gasteiger charge is 2.33. The highest BCUT2D eigenvalue weighted by atomic mass is 32.1. The van der Waals surface area contributed by atoms with Crippen LogP contribution in [0.5, 0.6) is 0 Å². The second kappa shape index (κ2) is 6.99. The van der Waals surface area contributed by atoms with Gasteiger partial charge in [0.05, 0.1) is 11.3 Å². The first kappa shape index (κ1) is 18.8. The van der Waals surface area contributed by atoms with Gasteiger partial charge < -0.3 is 10.6 Å². The number of amides is 2. The van der Waals surface area contributed by atoms with E-state index in [4.69, 9.17) is 12.2 Å². The van der Waals surface area contributed by atoms with Gasteiger partial charge in [0.15, 0.2) is 5.11 Å². The largest absolute Gasteiger partial charge is 0.416 e. The lowest BCUT2D eigenvalue weighted by molar-refractivity contribution is -0.137. The van der Waals surface area contributed by atoms with Crippen LogP contribution < -0.4 is 15.5 Å². The van der Waals surface area contributed by atoms with Crippen molar-refractivity contribution >= 4 is 40.5 Å². The van der Waals surface area contributed by atoms with Crippen LogP contribution in [-0.2, 0) is 11.0 Å². The lowest BCUT2D eigenvalue weighted by Gasteiger charge is -2.16. The molecule has 140 valence electrons. The third-order valence-electron chi connectivity index (χ3n) is 3.95. The van der Waals surface area contributed by atoms with Gasteiger partial charge in [-0.25, -0.2) is 0 Å². The van der Waals surface area contributed by atoms with E-state index in [0.717, 1.165) is 12.1 Å². The monoisotopic (exact) mass is 393 g/mol. The summed E-state index contributed by atoms with van der Waals surface area (Å²) in [7, 11) is 0. The molecule has 1 aliphatic rings. The van der Waals surface area contributed by atoms with Gasteiger partial charge in [0.25, 0.3) is 11.8 Å². The molecule has 2 aromatic rings. The number of thiocarbonyl (C=S) groups is 1. The Morgan fingerprint density at radius 2 is 1.89 bits per heavy atom. The van der Waals surface area contributed by atoms with E-state index in [1.165, 1.54) is 29.2 Å². The van der Waals surface area contributed by atoms with Crippen LogP contribution in [0.3, 0.4) is 0 Å². The fourth-order valence-corrected chi connectivity index (χ4v) is 2.98. The Morgan fingerprint density at radius 1 is 1.19 bits per heavy atom. The van der Waals surface area contributed by atoms with Crippen molar-refractivity contribution in [2.75, 3.05) is 10.2 Å². The second-order valence-corrected chi connectivity index (χ2v) is 6.31. The van der Waals surface area contributed by atoms with E-state index in [-0.39, 0.29) is 22.3 Å². The van der Waals surface area contributed by atoms with Crippen molar-refractivity contribution < 1.29 is 22.8 Å². The molecule has 1 saturated heterocycles. The van der Waals surface area contributed by atoms with Gasteiger partial charge in [-0.2, -0.15) is 13.2 Å². The SMILES string of the molecule is CC1NC(=S)N(c2cccc(C(=O)Nc3cccc(C(F)(F)F)c3)c2)C1=O. The van der Waals surface area contributed by atoms with Crippen LogP contribution in [0.2, 0.25) is 0 Å². The van der Waals surface area contributed by atoms with Gasteiger partial charge in [0.1, 0.15) is 6.04 Å². The van der Waals surface area contributed by atoms with Crippen LogP contribution in [0.25, 0.3) is 0 Å². The second-order valence-electron chi connectivity index (χ2n) is 5.93. The molecule has 9 heteroatoms. The first-order chi connectivity index (χ1) is 12.7. The summed E-state index contributed by atoms with van der Waals surface area (Å²) in [6.45, 7) is 1.67. The Morgan fingerprint density at radius 3 is 2.52 bits per heavy atom. The van der Waals surface area contributed by atoms with Gasteiger partial charge >= 0.3 is 6.18 Å². The topological polar surface area (TPSA) is 61.4 Å². The fraction of sp³-hybridized carbons (Fsp3) is 0.167. The summed E-state index contributed by atoms with van der Waals surface area (Å²) in [5.41, 5.74) is -0.260. The summed E-state index contributed by atoms with van der Waals surface area (Å²) < 4.78 is 38.4. The van der Waals surface area contributed by atoms with E-state index in [2.05, 4.69) is 10.6 Å². The number of anilines is 2. The maximum atomic E-state index is 12.8. The molecule has 3 rings (SSSR count).